The minimum absolute atomic E-state index is 0.664. The van der Waals surface area contributed by atoms with E-state index in [0.29, 0.717) is 19.8 Å². The first kappa shape index (κ1) is 27.3. The fourth-order valence-corrected chi connectivity index (χ4v) is 15.7. The van der Waals surface area contributed by atoms with Gasteiger partial charge in [0.2, 0.25) is 0 Å². The molecule has 0 aromatic heterocycles. The Balaban J connectivity index is 2.64. The van der Waals surface area contributed by atoms with Gasteiger partial charge in [-0.15, -0.1) is 0 Å². The van der Waals surface area contributed by atoms with E-state index >= 15 is 0 Å². The highest BCUT2D eigenvalue weighted by Gasteiger charge is 2.48. The van der Waals surface area contributed by atoms with Crippen molar-refractivity contribution in [3.63, 3.8) is 0 Å². The van der Waals surface area contributed by atoms with Crippen LogP contribution in [0.15, 0.2) is 0 Å². The standard InChI is InChI=1S/C22H50N2O3Si2/c1-10-25-28(26-11-2,27-12-3)19-13-14-23-15-17-24(18-16-23)29(20(4)5,21(6)7)22(8)9/h20-22H,10-19H2,1-9H3. The van der Waals surface area contributed by atoms with Crippen LogP contribution in [0.5, 0.6) is 0 Å². The van der Waals surface area contributed by atoms with Crippen molar-refractivity contribution < 1.29 is 13.3 Å². The van der Waals surface area contributed by atoms with Crippen molar-refractivity contribution in [3.8, 4) is 0 Å². The normalized spacial score (nSPS) is 17.8. The summed E-state index contributed by atoms with van der Waals surface area (Å²) in [6.45, 7) is 28.9. The average molecular weight is 447 g/mol. The van der Waals surface area contributed by atoms with Gasteiger partial charge in [-0.3, -0.25) is 0 Å². The van der Waals surface area contributed by atoms with E-state index in [1.807, 2.05) is 20.8 Å². The van der Waals surface area contributed by atoms with Gasteiger partial charge in [0.05, 0.1) is 0 Å². The third-order valence-electron chi connectivity index (χ3n) is 6.74. The lowest BCUT2D eigenvalue weighted by Gasteiger charge is -2.53. The number of piperazine rings is 1. The summed E-state index contributed by atoms with van der Waals surface area (Å²) in [5.41, 5.74) is 2.39. The summed E-state index contributed by atoms with van der Waals surface area (Å²) in [6, 6.07) is 0.922. The monoisotopic (exact) mass is 446 g/mol. The predicted octanol–water partition coefficient (Wildman–Crippen LogP) is 5.22. The van der Waals surface area contributed by atoms with Crippen LogP contribution in [-0.4, -0.2) is 79.0 Å². The topological polar surface area (TPSA) is 34.2 Å². The first-order chi connectivity index (χ1) is 13.7. The lowest BCUT2D eigenvalue weighted by Crippen LogP contribution is -2.65. The maximum absolute atomic E-state index is 6.01. The molecule has 0 radical (unpaired) electrons. The quantitative estimate of drug-likeness (QED) is 0.342. The van der Waals surface area contributed by atoms with Crippen LogP contribution in [0.3, 0.4) is 0 Å². The average Bonchev–Trinajstić information content (AvgIpc) is 2.63. The van der Waals surface area contributed by atoms with Crippen LogP contribution < -0.4 is 0 Å². The van der Waals surface area contributed by atoms with E-state index in [9.17, 15) is 0 Å². The zero-order valence-corrected chi connectivity index (χ0v) is 22.9. The molecule has 1 aliphatic rings. The van der Waals surface area contributed by atoms with Crippen molar-refractivity contribution in [2.45, 2.75) is 91.4 Å². The molecule has 7 heteroatoms. The molecule has 5 nitrogen and oxygen atoms in total. The number of hydrogen-bond donors (Lipinski definition) is 0. The Bertz CT molecular complexity index is 403. The summed E-state index contributed by atoms with van der Waals surface area (Å²) in [4.78, 5) is 2.64. The third kappa shape index (κ3) is 6.86. The van der Waals surface area contributed by atoms with Crippen molar-refractivity contribution in [3.05, 3.63) is 0 Å². The fraction of sp³-hybridized carbons (Fsp3) is 1.00. The van der Waals surface area contributed by atoms with Crippen molar-refractivity contribution in [1.29, 1.82) is 0 Å². The second-order valence-corrected chi connectivity index (χ2v) is 17.9. The van der Waals surface area contributed by atoms with Crippen LogP contribution in [0, 0.1) is 0 Å². The second kappa shape index (κ2) is 12.9. The molecule has 1 rings (SSSR count). The van der Waals surface area contributed by atoms with E-state index in [-0.39, 0.29) is 0 Å². The van der Waals surface area contributed by atoms with E-state index in [1.165, 1.54) is 26.2 Å². The molecule has 0 amide bonds. The highest BCUT2D eigenvalue weighted by Crippen LogP contribution is 2.44. The second-order valence-electron chi connectivity index (χ2n) is 9.27. The maximum Gasteiger partial charge on any atom is 0.500 e. The molecule has 1 fully saturated rings. The minimum atomic E-state index is -2.50. The molecule has 174 valence electrons. The molecule has 29 heavy (non-hydrogen) atoms. The maximum atomic E-state index is 6.01. The summed E-state index contributed by atoms with van der Waals surface area (Å²) >= 11 is 0. The molecule has 0 aromatic carbocycles. The smallest absolute Gasteiger partial charge is 0.374 e. The van der Waals surface area contributed by atoms with Crippen molar-refractivity contribution in [2.75, 3.05) is 52.5 Å². The highest BCUT2D eigenvalue weighted by molar-refractivity contribution is 6.81. The summed E-state index contributed by atoms with van der Waals surface area (Å²) in [5.74, 6) is 0. The van der Waals surface area contributed by atoms with Crippen molar-refractivity contribution in [1.82, 2.24) is 9.47 Å². The number of rotatable bonds is 14. The van der Waals surface area contributed by atoms with Crippen molar-refractivity contribution in [2.24, 2.45) is 0 Å². The van der Waals surface area contributed by atoms with Gasteiger partial charge in [-0.1, -0.05) is 41.5 Å². The third-order valence-corrected chi connectivity index (χ3v) is 17.0. The summed E-state index contributed by atoms with van der Waals surface area (Å²) in [5, 5.41) is 0. The highest BCUT2D eigenvalue weighted by atomic mass is 28.4. The Morgan fingerprint density at radius 1 is 0.690 bits per heavy atom. The molecule has 0 atom stereocenters. The van der Waals surface area contributed by atoms with Crippen LogP contribution in [0.4, 0.5) is 0 Å². The molecular formula is C22H50N2O3Si2. The molecule has 0 unspecified atom stereocenters. The van der Waals surface area contributed by atoms with Gasteiger partial charge in [0, 0.05) is 52.0 Å². The lowest BCUT2D eigenvalue weighted by molar-refractivity contribution is 0.0693. The Labute approximate surface area is 183 Å². The Morgan fingerprint density at radius 2 is 1.10 bits per heavy atom. The van der Waals surface area contributed by atoms with Crippen LogP contribution in [0.25, 0.3) is 0 Å². The van der Waals surface area contributed by atoms with Gasteiger partial charge in [-0.05, 0) is 50.4 Å². The largest absolute Gasteiger partial charge is 0.500 e. The molecular weight excluding hydrogens is 396 g/mol. The van der Waals surface area contributed by atoms with Gasteiger partial charge in [0.15, 0.2) is 0 Å². The summed E-state index contributed by atoms with van der Waals surface area (Å²) in [7, 11) is -3.99. The molecule has 1 heterocycles. The van der Waals surface area contributed by atoms with E-state index < -0.39 is 17.0 Å². The molecule has 0 N–H and O–H groups in total. The van der Waals surface area contributed by atoms with Crippen LogP contribution >= 0.6 is 0 Å². The SMILES string of the molecule is CCO[Si](CCCN1CCN([Si](C(C)C)(C(C)C)C(C)C)CC1)(OCC)OCC. The van der Waals surface area contributed by atoms with E-state index in [0.717, 1.165) is 35.6 Å². The Kier molecular flexibility index (Phi) is 12.2. The fourth-order valence-electron chi connectivity index (χ4n) is 5.97. The van der Waals surface area contributed by atoms with Crippen LogP contribution in [0.2, 0.25) is 22.7 Å². The molecule has 1 aliphatic heterocycles. The van der Waals surface area contributed by atoms with Crippen LogP contribution in [0.1, 0.15) is 68.7 Å². The zero-order valence-electron chi connectivity index (χ0n) is 20.9. The molecule has 0 spiro atoms. The summed E-state index contributed by atoms with van der Waals surface area (Å²) in [6.07, 6.45) is 1.09. The van der Waals surface area contributed by atoms with Gasteiger partial charge >= 0.3 is 8.80 Å². The molecule has 0 saturated carbocycles. The zero-order chi connectivity index (χ0) is 22.1. The number of hydrogen-bond acceptors (Lipinski definition) is 5. The van der Waals surface area contributed by atoms with E-state index in [4.69, 9.17) is 13.3 Å². The Hall–Kier alpha value is 0.234. The number of nitrogens with zero attached hydrogens (tertiary/aromatic N) is 2. The minimum Gasteiger partial charge on any atom is -0.374 e. The predicted molar refractivity (Wildman–Crippen MR) is 129 cm³/mol. The van der Waals surface area contributed by atoms with Gasteiger partial charge in [0.25, 0.3) is 0 Å². The van der Waals surface area contributed by atoms with Gasteiger partial charge < -0.3 is 22.7 Å². The molecule has 0 bridgehead atoms. The van der Waals surface area contributed by atoms with Gasteiger partial charge in [-0.2, -0.15) is 0 Å². The Morgan fingerprint density at radius 3 is 1.45 bits per heavy atom. The van der Waals surface area contributed by atoms with E-state index in [2.05, 4.69) is 51.0 Å². The van der Waals surface area contributed by atoms with E-state index in [1.54, 1.807) is 0 Å². The first-order valence-corrected chi connectivity index (χ1v) is 16.2. The van der Waals surface area contributed by atoms with Gasteiger partial charge in [0.1, 0.15) is 8.24 Å². The lowest BCUT2D eigenvalue weighted by atomic mass is 10.3. The molecule has 0 aliphatic carbocycles. The van der Waals surface area contributed by atoms with Gasteiger partial charge in [-0.25, -0.2) is 0 Å². The first-order valence-electron chi connectivity index (χ1n) is 12.1. The summed E-state index contributed by atoms with van der Waals surface area (Å²) < 4.78 is 21.0. The van der Waals surface area contributed by atoms with Crippen LogP contribution in [-0.2, 0) is 13.3 Å². The van der Waals surface area contributed by atoms with Crippen molar-refractivity contribution >= 4 is 17.0 Å². The molecule has 1 saturated heterocycles. The molecule has 0 aromatic rings.